The number of carbonyl (C=O) groups is 2. The molecule has 5 nitrogen and oxygen atoms in total. The van der Waals surface area contributed by atoms with Crippen LogP contribution >= 0.6 is 0 Å². The van der Waals surface area contributed by atoms with E-state index in [1.54, 1.807) is 12.1 Å². The Labute approximate surface area is 175 Å². The number of benzene rings is 1. The Morgan fingerprint density at radius 2 is 2.00 bits per heavy atom. The third-order valence-corrected chi connectivity index (χ3v) is 5.12. The van der Waals surface area contributed by atoms with Crippen molar-refractivity contribution in [1.29, 1.82) is 0 Å². The molecule has 1 aliphatic rings. The lowest BCUT2D eigenvalue weighted by atomic mass is 9.99. The molecule has 2 rings (SSSR count). The van der Waals surface area contributed by atoms with Gasteiger partial charge >= 0.3 is 11.9 Å². The number of nitrogens with zero attached hydrogens (tertiary/aromatic N) is 1. The minimum Gasteiger partial charge on any atom is -0.478 e. The average molecular weight is 419 g/mol. The fraction of sp³-hybridized carbons (Fsp3) is 0.478. The van der Waals surface area contributed by atoms with E-state index in [9.17, 15) is 23.5 Å². The number of carboxylic acids is 1. The summed E-state index contributed by atoms with van der Waals surface area (Å²) in [6.07, 6.45) is 3.01. The molecule has 0 aromatic heterocycles. The van der Waals surface area contributed by atoms with Gasteiger partial charge in [-0.1, -0.05) is 38.1 Å². The monoisotopic (exact) mass is 419 g/mol. The van der Waals surface area contributed by atoms with Gasteiger partial charge in [0.1, 0.15) is 0 Å². The summed E-state index contributed by atoms with van der Waals surface area (Å²) in [7, 11) is 0. The number of hydrogen-bond donors (Lipinski definition) is 2. The molecule has 0 spiro atoms. The number of hydrogen-bond acceptors (Lipinski definition) is 3. The van der Waals surface area contributed by atoms with Gasteiger partial charge in [0, 0.05) is 25.8 Å². The van der Waals surface area contributed by atoms with Gasteiger partial charge in [-0.2, -0.15) is 8.78 Å². The summed E-state index contributed by atoms with van der Waals surface area (Å²) in [4.78, 5) is 24.2. The number of carbonyl (C=O) groups excluding carboxylic acids is 1. The van der Waals surface area contributed by atoms with Crippen LogP contribution in [-0.4, -0.2) is 51.6 Å². The lowest BCUT2D eigenvalue weighted by Crippen LogP contribution is -2.37. The largest absolute Gasteiger partial charge is 0.478 e. The van der Waals surface area contributed by atoms with E-state index in [1.807, 2.05) is 13.8 Å². The number of carboxylic acid groups (broad SMARTS) is 1. The Balaban J connectivity index is 2.04. The molecule has 2 N–H and O–H groups in total. The Bertz CT molecular complexity index is 839. The number of alkyl halides is 2. The first-order chi connectivity index (χ1) is 14.2. The van der Waals surface area contributed by atoms with Gasteiger partial charge < -0.3 is 15.1 Å². The number of rotatable bonds is 8. The number of aliphatic hydroxyl groups is 1. The number of amides is 1. The van der Waals surface area contributed by atoms with Crippen molar-refractivity contribution < 1.29 is 28.6 Å². The molecule has 0 radical (unpaired) electrons. The zero-order valence-corrected chi connectivity index (χ0v) is 17.1. The minimum atomic E-state index is -3.44. The molecule has 3 atom stereocenters. The maximum absolute atomic E-state index is 14.0. The quantitative estimate of drug-likeness (QED) is 0.499. The van der Waals surface area contributed by atoms with Crippen LogP contribution in [-0.2, 0) is 11.2 Å². The van der Waals surface area contributed by atoms with Crippen LogP contribution in [0.25, 0.3) is 0 Å². The van der Waals surface area contributed by atoms with Gasteiger partial charge in [-0.3, -0.25) is 4.79 Å². The number of aliphatic hydroxyl groups excluding tert-OH is 1. The van der Waals surface area contributed by atoms with E-state index in [2.05, 4.69) is 11.8 Å². The van der Waals surface area contributed by atoms with Gasteiger partial charge in [-0.15, -0.1) is 11.8 Å². The van der Waals surface area contributed by atoms with Crippen molar-refractivity contribution in [3.63, 3.8) is 0 Å². The van der Waals surface area contributed by atoms with Crippen LogP contribution in [0.1, 0.15) is 49.0 Å². The first kappa shape index (κ1) is 23.6. The standard InChI is InChI=1S/C23H27F2NO4/c1-3-4-5-6-16(2)20(27)12-11-19-15-23(24,25)22(30)26(19)14-13-17-7-9-18(10-8-17)21(28)29/h7-12,16,19-20,27H,3,6,13-15H2,1-2H3,(H,28,29)/t16?,19-,20?/m0/s1. The zero-order valence-electron chi connectivity index (χ0n) is 17.1. The molecule has 1 saturated heterocycles. The molecular weight excluding hydrogens is 392 g/mol. The molecule has 1 aliphatic heterocycles. The topological polar surface area (TPSA) is 77.8 Å². The first-order valence-electron chi connectivity index (χ1n) is 9.99. The van der Waals surface area contributed by atoms with E-state index in [0.29, 0.717) is 12.8 Å². The third-order valence-electron chi connectivity index (χ3n) is 5.12. The van der Waals surface area contributed by atoms with E-state index in [0.717, 1.165) is 16.9 Å². The maximum atomic E-state index is 14.0. The molecular formula is C23H27F2NO4. The number of halogens is 2. The van der Waals surface area contributed by atoms with Crippen LogP contribution in [0.4, 0.5) is 8.78 Å². The van der Waals surface area contributed by atoms with Gasteiger partial charge in [0.15, 0.2) is 0 Å². The first-order valence-corrected chi connectivity index (χ1v) is 9.99. The van der Waals surface area contributed by atoms with Crippen LogP contribution in [0.15, 0.2) is 36.4 Å². The lowest BCUT2D eigenvalue weighted by molar-refractivity contribution is -0.148. The van der Waals surface area contributed by atoms with E-state index in [4.69, 9.17) is 5.11 Å². The molecule has 0 saturated carbocycles. The fourth-order valence-corrected chi connectivity index (χ4v) is 3.23. The molecule has 1 heterocycles. The fourth-order valence-electron chi connectivity index (χ4n) is 3.23. The van der Waals surface area contributed by atoms with Gasteiger partial charge in [-0.25, -0.2) is 4.79 Å². The molecule has 30 heavy (non-hydrogen) atoms. The lowest BCUT2D eigenvalue weighted by Gasteiger charge is -2.22. The van der Waals surface area contributed by atoms with E-state index >= 15 is 0 Å². The predicted molar refractivity (Wildman–Crippen MR) is 109 cm³/mol. The summed E-state index contributed by atoms with van der Waals surface area (Å²) >= 11 is 0. The SMILES string of the molecule is CCC#CCC(C)C(O)C=C[C@H]1CC(F)(F)C(=O)N1CCc1ccc(C(=O)O)cc1. The van der Waals surface area contributed by atoms with Crippen molar-refractivity contribution in [2.75, 3.05) is 6.54 Å². The van der Waals surface area contributed by atoms with Gasteiger partial charge in [0.25, 0.3) is 5.91 Å². The number of aromatic carboxylic acids is 1. The Kier molecular flexibility index (Phi) is 8.13. The maximum Gasteiger partial charge on any atom is 0.335 e. The van der Waals surface area contributed by atoms with Gasteiger partial charge in [0.05, 0.1) is 17.7 Å². The molecule has 7 heteroatoms. The summed E-state index contributed by atoms with van der Waals surface area (Å²) in [6, 6.07) is 5.28. The second-order valence-corrected chi connectivity index (χ2v) is 7.49. The Morgan fingerprint density at radius 1 is 1.33 bits per heavy atom. The molecule has 1 amide bonds. The Morgan fingerprint density at radius 3 is 2.60 bits per heavy atom. The summed E-state index contributed by atoms with van der Waals surface area (Å²) in [6.45, 7) is 3.83. The molecule has 0 aliphatic carbocycles. The highest BCUT2D eigenvalue weighted by atomic mass is 19.3. The van der Waals surface area contributed by atoms with Crippen molar-refractivity contribution in [3.05, 3.63) is 47.5 Å². The molecule has 0 bridgehead atoms. The Hall–Kier alpha value is -2.72. The van der Waals surface area contributed by atoms with Crippen molar-refractivity contribution in [2.24, 2.45) is 5.92 Å². The highest BCUT2D eigenvalue weighted by molar-refractivity contribution is 5.87. The van der Waals surface area contributed by atoms with Crippen molar-refractivity contribution in [1.82, 2.24) is 4.90 Å². The summed E-state index contributed by atoms with van der Waals surface area (Å²) < 4.78 is 28.0. The van der Waals surface area contributed by atoms with Crippen LogP contribution < -0.4 is 0 Å². The van der Waals surface area contributed by atoms with E-state index < -0.39 is 36.4 Å². The highest BCUT2D eigenvalue weighted by Gasteiger charge is 2.52. The van der Waals surface area contributed by atoms with Gasteiger partial charge in [0.2, 0.25) is 0 Å². The van der Waals surface area contributed by atoms with Crippen molar-refractivity contribution in [3.8, 4) is 11.8 Å². The van der Waals surface area contributed by atoms with Crippen LogP contribution in [0.3, 0.4) is 0 Å². The molecule has 2 unspecified atom stereocenters. The van der Waals surface area contributed by atoms with Crippen LogP contribution in [0, 0.1) is 17.8 Å². The second-order valence-electron chi connectivity index (χ2n) is 7.49. The molecule has 1 aromatic carbocycles. The molecule has 1 fully saturated rings. The molecule has 1 aromatic rings. The smallest absolute Gasteiger partial charge is 0.335 e. The second kappa shape index (κ2) is 10.4. The average Bonchev–Trinajstić information content (AvgIpc) is 2.93. The summed E-state index contributed by atoms with van der Waals surface area (Å²) in [5.41, 5.74) is 0.879. The predicted octanol–water partition coefficient (Wildman–Crippen LogP) is 3.52. The minimum absolute atomic E-state index is 0.0729. The van der Waals surface area contributed by atoms with Crippen molar-refractivity contribution >= 4 is 11.9 Å². The van der Waals surface area contributed by atoms with Crippen LogP contribution in [0.5, 0.6) is 0 Å². The van der Waals surface area contributed by atoms with Gasteiger partial charge in [-0.05, 0) is 30.0 Å². The van der Waals surface area contributed by atoms with Crippen LogP contribution in [0.2, 0.25) is 0 Å². The third kappa shape index (κ3) is 6.14. The molecule has 162 valence electrons. The highest BCUT2D eigenvalue weighted by Crippen LogP contribution is 2.34. The zero-order chi connectivity index (χ0) is 22.3. The van der Waals surface area contributed by atoms with Crippen molar-refractivity contribution in [2.45, 2.75) is 57.6 Å². The summed E-state index contributed by atoms with van der Waals surface area (Å²) in [5, 5.41) is 19.2. The number of likely N-dealkylation sites (tertiary alicyclic amines) is 1. The normalized spacial score (nSPS) is 20.1. The summed E-state index contributed by atoms with van der Waals surface area (Å²) in [5.74, 6) is 0.0181. The van der Waals surface area contributed by atoms with E-state index in [-0.39, 0.29) is 18.0 Å². The van der Waals surface area contributed by atoms with E-state index in [1.165, 1.54) is 24.3 Å².